The molecule has 8 heteroatoms. The molecule has 3 aromatic carbocycles. The van der Waals surface area contributed by atoms with E-state index < -0.39 is 10.0 Å². The molecule has 0 atom stereocenters. The van der Waals surface area contributed by atoms with Gasteiger partial charge in [-0.3, -0.25) is 0 Å². The second-order valence-corrected chi connectivity index (χ2v) is 9.29. The van der Waals surface area contributed by atoms with Crippen LogP contribution in [0, 0.1) is 0 Å². The molecule has 170 valence electrons. The molecular formula is C25H26N4O3S. The van der Waals surface area contributed by atoms with Crippen LogP contribution >= 0.6 is 0 Å². The lowest BCUT2D eigenvalue weighted by molar-refractivity contribution is 0.416. The molecule has 1 aromatic heterocycles. The topological polar surface area (TPSA) is 84.4 Å². The SMILES string of the molecule is CCN(CC)S(=O)(=O)c1ccc(OC)c(Nc2nc(-c3ccccc3)nc3ccccc23)c1. The molecule has 0 aliphatic rings. The Morgan fingerprint density at radius 1 is 0.909 bits per heavy atom. The van der Waals surface area contributed by atoms with Gasteiger partial charge in [-0.25, -0.2) is 18.4 Å². The smallest absolute Gasteiger partial charge is 0.243 e. The minimum absolute atomic E-state index is 0.191. The molecule has 0 aliphatic heterocycles. The molecule has 0 saturated heterocycles. The van der Waals surface area contributed by atoms with Gasteiger partial charge in [-0.15, -0.1) is 0 Å². The number of methoxy groups -OCH3 is 1. The molecule has 4 rings (SSSR count). The number of nitrogens with zero attached hydrogens (tertiary/aromatic N) is 3. The standard InChI is InChI=1S/C25H26N4O3S/c1-4-29(5-2)33(30,31)19-15-16-23(32-3)22(17-19)27-25-20-13-9-10-14-21(20)26-24(28-25)18-11-7-6-8-12-18/h6-17H,4-5H2,1-3H3,(H,26,27,28). The van der Waals surface area contributed by atoms with E-state index in [0.717, 1.165) is 16.5 Å². The lowest BCUT2D eigenvalue weighted by atomic mass is 10.2. The Balaban J connectivity index is 1.84. The third-order valence-corrected chi connectivity index (χ3v) is 7.45. The lowest BCUT2D eigenvalue weighted by Gasteiger charge is -2.20. The van der Waals surface area contributed by atoms with Crippen LogP contribution in [0.15, 0.2) is 77.7 Å². The number of ether oxygens (including phenoxy) is 1. The molecule has 33 heavy (non-hydrogen) atoms. The van der Waals surface area contributed by atoms with Gasteiger partial charge in [0.25, 0.3) is 0 Å². The number of hydrogen-bond acceptors (Lipinski definition) is 6. The highest BCUT2D eigenvalue weighted by atomic mass is 32.2. The third kappa shape index (κ3) is 4.53. The average molecular weight is 463 g/mol. The van der Waals surface area contributed by atoms with Crippen LogP contribution in [0.25, 0.3) is 22.3 Å². The van der Waals surface area contributed by atoms with E-state index in [0.29, 0.717) is 36.2 Å². The number of nitrogens with one attached hydrogen (secondary N) is 1. The summed E-state index contributed by atoms with van der Waals surface area (Å²) in [5.41, 5.74) is 2.17. The summed E-state index contributed by atoms with van der Waals surface area (Å²) in [7, 11) is -2.08. The van der Waals surface area contributed by atoms with Crippen LogP contribution in [-0.2, 0) is 10.0 Å². The second-order valence-electron chi connectivity index (χ2n) is 7.36. The van der Waals surface area contributed by atoms with Crippen LogP contribution in [-0.4, -0.2) is 42.9 Å². The molecule has 0 unspecified atom stereocenters. The maximum atomic E-state index is 13.1. The largest absolute Gasteiger partial charge is 0.495 e. The fraction of sp³-hybridized carbons (Fsp3) is 0.200. The molecule has 0 radical (unpaired) electrons. The van der Waals surface area contributed by atoms with Gasteiger partial charge in [-0.05, 0) is 30.3 Å². The second kappa shape index (κ2) is 9.56. The number of aromatic nitrogens is 2. The van der Waals surface area contributed by atoms with E-state index in [4.69, 9.17) is 14.7 Å². The van der Waals surface area contributed by atoms with Crippen molar-refractivity contribution in [2.24, 2.45) is 0 Å². The summed E-state index contributed by atoms with van der Waals surface area (Å²) in [4.78, 5) is 9.66. The van der Waals surface area contributed by atoms with Crippen molar-refractivity contribution in [2.75, 3.05) is 25.5 Å². The summed E-state index contributed by atoms with van der Waals surface area (Å²) in [5, 5.41) is 4.12. The van der Waals surface area contributed by atoms with E-state index >= 15 is 0 Å². The van der Waals surface area contributed by atoms with Crippen molar-refractivity contribution >= 4 is 32.4 Å². The first-order valence-electron chi connectivity index (χ1n) is 10.7. The van der Waals surface area contributed by atoms with Gasteiger partial charge in [-0.2, -0.15) is 4.31 Å². The maximum absolute atomic E-state index is 13.1. The summed E-state index contributed by atoms with van der Waals surface area (Å²) < 4.78 is 33.1. The van der Waals surface area contributed by atoms with E-state index in [1.807, 2.05) is 68.4 Å². The van der Waals surface area contributed by atoms with Crippen LogP contribution < -0.4 is 10.1 Å². The molecule has 1 heterocycles. The minimum atomic E-state index is -3.63. The normalized spacial score (nSPS) is 11.6. The Bertz CT molecular complexity index is 1370. The summed E-state index contributed by atoms with van der Waals surface area (Å²) in [5.74, 6) is 1.65. The third-order valence-electron chi connectivity index (χ3n) is 5.40. The van der Waals surface area contributed by atoms with Crippen molar-refractivity contribution in [1.29, 1.82) is 0 Å². The first kappa shape index (κ1) is 22.7. The van der Waals surface area contributed by atoms with Crippen molar-refractivity contribution in [3.63, 3.8) is 0 Å². The zero-order valence-electron chi connectivity index (χ0n) is 18.8. The van der Waals surface area contributed by atoms with Crippen molar-refractivity contribution < 1.29 is 13.2 Å². The Morgan fingerprint density at radius 2 is 1.61 bits per heavy atom. The molecule has 0 saturated carbocycles. The van der Waals surface area contributed by atoms with E-state index in [-0.39, 0.29) is 4.90 Å². The monoisotopic (exact) mass is 462 g/mol. The molecular weight excluding hydrogens is 436 g/mol. The highest BCUT2D eigenvalue weighted by Crippen LogP contribution is 2.34. The molecule has 0 spiro atoms. The highest BCUT2D eigenvalue weighted by Gasteiger charge is 2.23. The van der Waals surface area contributed by atoms with Crippen molar-refractivity contribution in [3.8, 4) is 17.1 Å². The maximum Gasteiger partial charge on any atom is 0.243 e. The van der Waals surface area contributed by atoms with Gasteiger partial charge in [0.05, 0.1) is 23.2 Å². The Hall–Kier alpha value is -3.49. The van der Waals surface area contributed by atoms with E-state index in [1.165, 1.54) is 4.31 Å². The fourth-order valence-electron chi connectivity index (χ4n) is 3.67. The molecule has 0 aliphatic carbocycles. The zero-order chi connectivity index (χ0) is 23.4. The predicted octanol–water partition coefficient (Wildman–Crippen LogP) is 5.08. The molecule has 0 amide bonds. The van der Waals surface area contributed by atoms with E-state index in [9.17, 15) is 8.42 Å². The molecule has 7 nitrogen and oxygen atoms in total. The summed E-state index contributed by atoms with van der Waals surface area (Å²) in [6.45, 7) is 4.43. The number of fused-ring (bicyclic) bond motifs is 1. The van der Waals surface area contributed by atoms with Gasteiger partial charge in [0, 0.05) is 24.0 Å². The minimum Gasteiger partial charge on any atom is -0.495 e. The number of benzene rings is 3. The van der Waals surface area contributed by atoms with Gasteiger partial charge in [-0.1, -0.05) is 56.3 Å². The average Bonchev–Trinajstić information content (AvgIpc) is 2.85. The fourth-order valence-corrected chi connectivity index (χ4v) is 5.16. The predicted molar refractivity (Wildman–Crippen MR) is 131 cm³/mol. The first-order chi connectivity index (χ1) is 16.0. The summed E-state index contributed by atoms with van der Waals surface area (Å²) in [6.07, 6.45) is 0. The number of para-hydroxylation sites is 1. The van der Waals surface area contributed by atoms with Crippen LogP contribution in [0.1, 0.15) is 13.8 Å². The van der Waals surface area contributed by atoms with Gasteiger partial charge in [0.1, 0.15) is 11.6 Å². The molecule has 0 fully saturated rings. The summed E-state index contributed by atoms with van der Waals surface area (Å²) in [6, 6.07) is 22.2. The van der Waals surface area contributed by atoms with Crippen molar-refractivity contribution in [1.82, 2.24) is 14.3 Å². The van der Waals surface area contributed by atoms with Crippen LogP contribution in [0.3, 0.4) is 0 Å². The Labute approximate surface area is 194 Å². The molecule has 4 aromatic rings. The zero-order valence-corrected chi connectivity index (χ0v) is 19.6. The Kier molecular flexibility index (Phi) is 6.57. The van der Waals surface area contributed by atoms with Gasteiger partial charge < -0.3 is 10.1 Å². The number of hydrogen-bond donors (Lipinski definition) is 1. The summed E-state index contributed by atoms with van der Waals surface area (Å²) >= 11 is 0. The van der Waals surface area contributed by atoms with E-state index in [1.54, 1.807) is 25.3 Å². The lowest BCUT2D eigenvalue weighted by Crippen LogP contribution is -2.30. The van der Waals surface area contributed by atoms with Crippen molar-refractivity contribution in [3.05, 3.63) is 72.8 Å². The first-order valence-corrected chi connectivity index (χ1v) is 12.2. The van der Waals surface area contributed by atoms with Crippen LogP contribution in [0.4, 0.5) is 11.5 Å². The van der Waals surface area contributed by atoms with Crippen molar-refractivity contribution in [2.45, 2.75) is 18.7 Å². The number of anilines is 2. The van der Waals surface area contributed by atoms with Crippen LogP contribution in [0.2, 0.25) is 0 Å². The molecule has 1 N–H and O–H groups in total. The number of rotatable bonds is 8. The van der Waals surface area contributed by atoms with Crippen LogP contribution in [0.5, 0.6) is 5.75 Å². The van der Waals surface area contributed by atoms with Gasteiger partial charge in [0.2, 0.25) is 10.0 Å². The Morgan fingerprint density at radius 3 is 2.30 bits per heavy atom. The van der Waals surface area contributed by atoms with E-state index in [2.05, 4.69) is 5.32 Å². The highest BCUT2D eigenvalue weighted by molar-refractivity contribution is 7.89. The quantitative estimate of drug-likeness (QED) is 0.393. The van der Waals surface area contributed by atoms with Gasteiger partial charge in [0.15, 0.2) is 5.82 Å². The number of sulfonamides is 1. The molecule has 0 bridgehead atoms. The van der Waals surface area contributed by atoms with Gasteiger partial charge >= 0.3 is 0 Å².